The van der Waals surface area contributed by atoms with E-state index in [0.717, 1.165) is 31.4 Å². The van der Waals surface area contributed by atoms with Gasteiger partial charge in [-0.1, -0.05) is 31.0 Å². The zero-order valence-electron chi connectivity index (χ0n) is 15.3. The summed E-state index contributed by atoms with van der Waals surface area (Å²) < 4.78 is 6.84. The number of ether oxygens (including phenoxy) is 1. The molecule has 0 aliphatic heterocycles. The van der Waals surface area contributed by atoms with Gasteiger partial charge in [-0.15, -0.1) is 0 Å². The molecule has 0 unspecified atom stereocenters. The van der Waals surface area contributed by atoms with E-state index >= 15 is 0 Å². The number of carbonyl (C=O) groups is 1. The van der Waals surface area contributed by atoms with Crippen molar-refractivity contribution in [1.29, 1.82) is 0 Å². The number of nitrogens with two attached hydrogens (primary N) is 1. The van der Waals surface area contributed by atoms with Gasteiger partial charge in [-0.05, 0) is 37.1 Å². The van der Waals surface area contributed by atoms with Crippen LogP contribution in [0.4, 0.5) is 5.82 Å². The third-order valence-corrected chi connectivity index (χ3v) is 5.50. The van der Waals surface area contributed by atoms with Gasteiger partial charge in [0.05, 0.1) is 12.9 Å². The van der Waals surface area contributed by atoms with Gasteiger partial charge in [-0.2, -0.15) is 4.98 Å². The lowest BCUT2D eigenvalue weighted by Gasteiger charge is -2.22. The lowest BCUT2D eigenvalue weighted by atomic mass is 9.95. The maximum atomic E-state index is 12.3. The lowest BCUT2D eigenvalue weighted by molar-refractivity contribution is -0.119. The zero-order valence-corrected chi connectivity index (χ0v) is 16.1. The van der Waals surface area contributed by atoms with E-state index in [4.69, 9.17) is 10.5 Å². The Balaban J connectivity index is 1.75. The number of anilines is 1. The predicted octanol–water partition coefficient (Wildman–Crippen LogP) is 2.36. The summed E-state index contributed by atoms with van der Waals surface area (Å²) in [6, 6.07) is 8.79. The molecule has 0 saturated heterocycles. The fourth-order valence-electron chi connectivity index (χ4n) is 3.21. The fourth-order valence-corrected chi connectivity index (χ4v) is 4.05. The highest BCUT2D eigenvalue weighted by Crippen LogP contribution is 2.24. The minimum atomic E-state index is -0.424. The molecule has 1 aromatic carbocycles. The molecule has 3 N–H and O–H groups in total. The summed E-state index contributed by atoms with van der Waals surface area (Å²) in [5.41, 5.74) is 6.38. The first-order chi connectivity index (χ1) is 13.1. The van der Waals surface area contributed by atoms with Crippen LogP contribution in [0.15, 0.2) is 40.3 Å². The van der Waals surface area contributed by atoms with Crippen LogP contribution in [-0.4, -0.2) is 34.4 Å². The number of aromatic nitrogens is 2. The van der Waals surface area contributed by atoms with E-state index in [1.165, 1.54) is 24.2 Å². The van der Waals surface area contributed by atoms with E-state index in [2.05, 4.69) is 10.3 Å². The van der Waals surface area contributed by atoms with Gasteiger partial charge in [0.1, 0.15) is 11.6 Å². The first-order valence-corrected chi connectivity index (χ1v) is 10.0. The molecule has 0 spiro atoms. The summed E-state index contributed by atoms with van der Waals surface area (Å²) in [4.78, 5) is 28.2. The van der Waals surface area contributed by atoms with Crippen molar-refractivity contribution in [2.24, 2.45) is 0 Å². The van der Waals surface area contributed by atoms with Crippen molar-refractivity contribution in [1.82, 2.24) is 14.9 Å². The monoisotopic (exact) mass is 388 g/mol. The summed E-state index contributed by atoms with van der Waals surface area (Å²) in [6.45, 7) is 0. The molecule has 0 bridgehead atoms. The van der Waals surface area contributed by atoms with Crippen molar-refractivity contribution < 1.29 is 9.53 Å². The molecule has 27 heavy (non-hydrogen) atoms. The molecule has 1 aliphatic rings. The zero-order chi connectivity index (χ0) is 19.2. The van der Waals surface area contributed by atoms with Crippen molar-refractivity contribution in [2.45, 2.75) is 43.3 Å². The number of nitrogen functional groups attached to an aromatic ring is 1. The molecule has 1 aliphatic carbocycles. The van der Waals surface area contributed by atoms with Crippen LogP contribution in [0.5, 0.6) is 5.75 Å². The Morgan fingerprint density at radius 1 is 1.30 bits per heavy atom. The molecule has 1 aromatic heterocycles. The van der Waals surface area contributed by atoms with Gasteiger partial charge in [0.2, 0.25) is 5.91 Å². The third-order valence-electron chi connectivity index (χ3n) is 4.56. The van der Waals surface area contributed by atoms with Crippen LogP contribution >= 0.6 is 11.8 Å². The van der Waals surface area contributed by atoms with Crippen molar-refractivity contribution in [3.63, 3.8) is 0 Å². The minimum Gasteiger partial charge on any atom is -0.497 e. The SMILES string of the molecule is COc1ccc(-n2c(N)cc(=O)nc2SCC(=O)NC2CCCCC2)cc1. The van der Waals surface area contributed by atoms with E-state index in [-0.39, 0.29) is 23.5 Å². The highest BCUT2D eigenvalue weighted by Gasteiger charge is 2.17. The first kappa shape index (κ1) is 19.3. The van der Waals surface area contributed by atoms with Crippen molar-refractivity contribution in [2.75, 3.05) is 18.6 Å². The number of nitrogens with zero attached hydrogens (tertiary/aromatic N) is 2. The molecule has 1 fully saturated rings. The second-order valence-electron chi connectivity index (χ2n) is 6.53. The Morgan fingerprint density at radius 2 is 2.00 bits per heavy atom. The van der Waals surface area contributed by atoms with Crippen LogP contribution < -0.4 is 21.3 Å². The molecule has 144 valence electrons. The number of benzene rings is 1. The topological polar surface area (TPSA) is 99.2 Å². The summed E-state index contributed by atoms with van der Waals surface area (Å²) >= 11 is 1.21. The molecular formula is C19H24N4O3S. The highest BCUT2D eigenvalue weighted by atomic mass is 32.2. The lowest BCUT2D eigenvalue weighted by Crippen LogP contribution is -2.37. The Bertz CT molecular complexity index is 845. The Labute approximate surface area is 162 Å². The van der Waals surface area contributed by atoms with Gasteiger partial charge >= 0.3 is 0 Å². The van der Waals surface area contributed by atoms with Gasteiger partial charge < -0.3 is 15.8 Å². The van der Waals surface area contributed by atoms with Crippen LogP contribution in [0.3, 0.4) is 0 Å². The highest BCUT2D eigenvalue weighted by molar-refractivity contribution is 7.99. The number of rotatable bonds is 6. The molecule has 2 aromatic rings. The van der Waals surface area contributed by atoms with Gasteiger partial charge in [-0.3, -0.25) is 14.2 Å². The van der Waals surface area contributed by atoms with E-state index < -0.39 is 5.56 Å². The van der Waals surface area contributed by atoms with Crippen LogP contribution in [0.1, 0.15) is 32.1 Å². The summed E-state index contributed by atoms with van der Waals surface area (Å²) in [5.74, 6) is 1.12. The summed E-state index contributed by atoms with van der Waals surface area (Å²) in [5, 5.41) is 3.46. The normalized spacial score (nSPS) is 14.7. The molecule has 0 atom stereocenters. The maximum absolute atomic E-state index is 12.3. The Hall–Kier alpha value is -2.48. The van der Waals surface area contributed by atoms with Crippen LogP contribution in [0.25, 0.3) is 5.69 Å². The molecule has 8 heteroatoms. The minimum absolute atomic E-state index is 0.0511. The molecule has 3 rings (SSSR count). The van der Waals surface area contributed by atoms with Crippen molar-refractivity contribution >= 4 is 23.5 Å². The van der Waals surface area contributed by atoms with E-state index in [9.17, 15) is 9.59 Å². The number of thioether (sulfide) groups is 1. The molecule has 0 radical (unpaired) electrons. The number of amides is 1. The summed E-state index contributed by atoms with van der Waals surface area (Å²) in [6.07, 6.45) is 5.62. The Morgan fingerprint density at radius 3 is 2.67 bits per heavy atom. The van der Waals surface area contributed by atoms with Crippen LogP contribution in [-0.2, 0) is 4.79 Å². The van der Waals surface area contributed by atoms with Gasteiger partial charge in [0.15, 0.2) is 5.16 Å². The van der Waals surface area contributed by atoms with Crippen molar-refractivity contribution in [3.05, 3.63) is 40.7 Å². The smallest absolute Gasteiger partial charge is 0.275 e. The number of hydrogen-bond donors (Lipinski definition) is 2. The molecule has 1 amide bonds. The van der Waals surface area contributed by atoms with Crippen LogP contribution in [0.2, 0.25) is 0 Å². The van der Waals surface area contributed by atoms with Gasteiger partial charge in [-0.25, -0.2) is 0 Å². The molecule has 7 nitrogen and oxygen atoms in total. The summed E-state index contributed by atoms with van der Waals surface area (Å²) in [7, 11) is 1.59. The average molecular weight is 388 g/mol. The number of carbonyl (C=O) groups excluding carboxylic acids is 1. The standard InChI is InChI=1S/C19H24N4O3S/c1-26-15-9-7-14(8-10-15)23-16(20)11-17(24)22-19(23)27-12-18(25)21-13-5-3-2-4-6-13/h7-11,13H,2-6,12,20H2,1H3,(H,21,25). The fraction of sp³-hybridized carbons (Fsp3) is 0.421. The van der Waals surface area contributed by atoms with Crippen LogP contribution in [0, 0.1) is 0 Å². The van der Waals surface area contributed by atoms with Crippen molar-refractivity contribution in [3.8, 4) is 11.4 Å². The largest absolute Gasteiger partial charge is 0.497 e. The van der Waals surface area contributed by atoms with E-state index in [1.807, 2.05) is 12.1 Å². The maximum Gasteiger partial charge on any atom is 0.275 e. The third kappa shape index (κ3) is 5.03. The Kier molecular flexibility index (Phi) is 6.39. The molecule has 1 heterocycles. The first-order valence-electron chi connectivity index (χ1n) is 9.03. The number of methoxy groups -OCH3 is 1. The van der Waals surface area contributed by atoms with E-state index in [1.54, 1.807) is 23.8 Å². The second-order valence-corrected chi connectivity index (χ2v) is 7.47. The number of hydrogen-bond acceptors (Lipinski definition) is 6. The molecule has 1 saturated carbocycles. The predicted molar refractivity (Wildman–Crippen MR) is 107 cm³/mol. The van der Waals surface area contributed by atoms with Gasteiger partial charge in [0.25, 0.3) is 5.56 Å². The average Bonchev–Trinajstić information content (AvgIpc) is 2.67. The quantitative estimate of drug-likeness (QED) is 0.582. The number of nitrogens with one attached hydrogen (secondary N) is 1. The van der Waals surface area contributed by atoms with Gasteiger partial charge in [0, 0.05) is 17.8 Å². The molecular weight excluding hydrogens is 364 g/mol. The second kappa shape index (κ2) is 8.94. The van der Waals surface area contributed by atoms with E-state index in [0.29, 0.717) is 10.9 Å².